The summed E-state index contributed by atoms with van der Waals surface area (Å²) in [6.45, 7) is 0. The van der Waals surface area contributed by atoms with Gasteiger partial charge in [-0.1, -0.05) is 17.3 Å². The number of phenolic OH excluding ortho intramolecular Hbond substituents is 1. The van der Waals surface area contributed by atoms with Crippen molar-refractivity contribution < 1.29 is 163 Å². The van der Waals surface area contributed by atoms with Crippen molar-refractivity contribution in [3.63, 3.8) is 0 Å². The molecule has 1 aromatic heterocycles. The van der Waals surface area contributed by atoms with E-state index in [-0.39, 0.29) is 140 Å². The fraction of sp³-hybridized carbons (Fsp3) is 0. The number of hydrogen-bond acceptors (Lipinski definition) is 26. The molecule has 0 radical (unpaired) electrons. The first-order valence-corrected chi connectivity index (χ1v) is 19.6. The second-order valence-corrected chi connectivity index (χ2v) is 13.5. The fourth-order valence-corrected chi connectivity index (χ4v) is 5.24. The number of nitrogens with two attached hydrogens (primary N) is 1. The van der Waals surface area contributed by atoms with Crippen LogP contribution in [0.25, 0.3) is 6.08 Å². The number of phenols is 1. The van der Waals surface area contributed by atoms with Gasteiger partial charge in [0.2, 0.25) is 17.2 Å². The standard InChI is InChI=1S/C25H16ClN10O7S2.5Li.3O3S/c26-23-30-24(28)32-25(31-23)29-13-4-3-5-14(11-13)33-36-21-18(45(41,42)43)10-12-8-9-16(20(27)19(12)22(21)37)35-34-15-6-1-2-7-17(15)44(38,39)40;;;;;;3*1-4(2)3/h2-4,6-8,10-11,27,34,37H,(H,38,39,40)(H,41,42,43)(H3,28,29,30,31,32);;;;;;;;/q-3;5*+1;;;/p-2. The molecular weight excluding hydrogens is 927 g/mol. The van der Waals surface area contributed by atoms with E-state index < -0.39 is 79.0 Å². The maximum atomic E-state index is 12.1. The van der Waals surface area contributed by atoms with Crippen LogP contribution in [0.3, 0.4) is 0 Å². The van der Waals surface area contributed by atoms with E-state index in [1.807, 2.05) is 0 Å². The molecule has 0 unspecified atom stereocenters. The summed E-state index contributed by atoms with van der Waals surface area (Å²) < 4.78 is 147. The third-order valence-electron chi connectivity index (χ3n) is 5.70. The van der Waals surface area contributed by atoms with Gasteiger partial charge in [0, 0.05) is 0 Å². The van der Waals surface area contributed by atoms with Gasteiger partial charge in [-0.3, -0.25) is 0 Å². The Hall–Kier alpha value is -3.49. The summed E-state index contributed by atoms with van der Waals surface area (Å²) in [7, 11) is -19.5. The van der Waals surface area contributed by atoms with E-state index in [2.05, 4.69) is 59.2 Å². The third kappa shape index (κ3) is 22.2. The molecule has 26 nitrogen and oxygen atoms in total. The Kier molecular flexibility index (Phi) is 31.3. The summed E-state index contributed by atoms with van der Waals surface area (Å²) in [5.74, 6) is -1.04. The molecule has 0 amide bonds. The largest absolute Gasteiger partial charge is 1.00 e. The number of aromatic hydroxyl groups is 1. The Morgan fingerprint density at radius 1 is 0.806 bits per heavy atom. The number of hydrogen-bond donors (Lipinski definition) is 5. The predicted octanol–water partition coefficient (Wildman–Crippen LogP) is -14.9. The van der Waals surface area contributed by atoms with Crippen LogP contribution >= 0.6 is 11.6 Å². The molecule has 0 atom stereocenters. The monoisotopic (exact) mass is 940 g/mol. The zero-order chi connectivity index (χ0) is 43.2. The van der Waals surface area contributed by atoms with Crippen LogP contribution < -0.4 is 111 Å². The molecule has 6 N–H and O–H groups in total. The summed E-state index contributed by atoms with van der Waals surface area (Å²) in [5.41, 5.74) is 6.02. The van der Waals surface area contributed by atoms with E-state index in [4.69, 9.17) is 60.6 Å². The van der Waals surface area contributed by atoms with E-state index in [1.165, 1.54) is 18.2 Å². The number of nitrogen functional groups attached to an aromatic ring is 1. The summed E-state index contributed by atoms with van der Waals surface area (Å²) in [6.07, 6.45) is 3.70. The summed E-state index contributed by atoms with van der Waals surface area (Å²) in [5, 5.41) is 33.8. The topological polar surface area (TPSA) is 438 Å². The van der Waals surface area contributed by atoms with Gasteiger partial charge in [-0.2, -0.15) is 68.6 Å². The molecule has 5 rings (SSSR count). The molecule has 1 heterocycles. The zero-order valence-corrected chi connectivity index (χ0v) is 36.7. The number of rotatable bonds is 8. The number of nitrogens with zero attached hydrogens (tertiary/aromatic N) is 6. The van der Waals surface area contributed by atoms with Crippen LogP contribution in [0.15, 0.2) is 67.6 Å². The van der Waals surface area contributed by atoms with Gasteiger partial charge >= 0.3 is 126 Å². The smallest absolute Gasteiger partial charge is 0.746 e. The first kappa shape index (κ1) is 65.1. The molecule has 0 spiro atoms. The molecular formula is C25H14ClLi5N10O16S5. The number of azo groups is 1. The number of nitrogens with one attached hydrogen (secondary N) is 3. The van der Waals surface area contributed by atoms with Gasteiger partial charge in [0.25, 0.3) is 0 Å². The van der Waals surface area contributed by atoms with E-state index >= 15 is 0 Å². The average Bonchev–Trinajstić information content (AvgIpc) is 3.05. The number of hydrazone groups is 1. The van der Waals surface area contributed by atoms with Gasteiger partial charge in [0.1, 0.15) is 31.7 Å². The van der Waals surface area contributed by atoms with Gasteiger partial charge in [0.15, 0.2) is 0 Å². The second-order valence-electron chi connectivity index (χ2n) is 9.29. The molecule has 1 aliphatic carbocycles. The zero-order valence-electron chi connectivity index (χ0n) is 31.9. The summed E-state index contributed by atoms with van der Waals surface area (Å²) in [6, 6.07) is 13.9. The Labute approximate surface area is 419 Å². The van der Waals surface area contributed by atoms with Crippen molar-refractivity contribution in [3.05, 3.63) is 77.1 Å². The molecule has 62 heavy (non-hydrogen) atoms. The minimum Gasteiger partial charge on any atom is -0.746 e. The van der Waals surface area contributed by atoms with Crippen molar-refractivity contribution in [2.75, 3.05) is 16.5 Å². The number of allylic oxidation sites excluding steroid dienone is 1. The molecule has 0 fully saturated rings. The van der Waals surface area contributed by atoms with E-state index in [1.54, 1.807) is 6.07 Å². The quantitative estimate of drug-likeness (QED) is 0.0360. The molecule has 302 valence electrons. The Morgan fingerprint density at radius 3 is 1.87 bits per heavy atom. The molecule has 0 aliphatic heterocycles. The van der Waals surface area contributed by atoms with Crippen molar-refractivity contribution in [3.8, 4) is 5.75 Å². The van der Waals surface area contributed by atoms with Crippen LogP contribution in [-0.2, 0) is 52.1 Å². The van der Waals surface area contributed by atoms with Crippen LogP contribution in [0.5, 0.6) is 5.75 Å². The number of fused-ring (bicyclic) bond motifs is 1. The van der Waals surface area contributed by atoms with Gasteiger partial charge in [-0.05, 0) is 39.3 Å². The SMILES string of the molecule is N=C1C(=NNc2c[c-]ccc2S(=O)(=O)[O-])[C-]=Cc2cc(S(=O)(=O)[O-])c(N=Nc3[c-]ccc(Nc4nc(N)nc(Cl)n4)c3)c(O)c21.O=S(=O)=O.O=S(=O)=O.O=S(=O)=O.[Li+].[Li+].[Li+].[Li+].[Li+]. The fourth-order valence-electron chi connectivity index (χ4n) is 3.82. The molecule has 0 saturated carbocycles. The van der Waals surface area contributed by atoms with Gasteiger partial charge in [-0.15, -0.1) is 60.7 Å². The number of halogens is 1. The minimum atomic E-state index is -5.23. The van der Waals surface area contributed by atoms with E-state index in [0.29, 0.717) is 5.69 Å². The molecule has 3 aromatic carbocycles. The summed E-state index contributed by atoms with van der Waals surface area (Å²) in [4.78, 5) is 9.82. The maximum Gasteiger partial charge on any atom is 1.00 e. The molecule has 0 bridgehead atoms. The normalized spacial score (nSPS) is 11.4. The molecule has 1 aliphatic rings. The molecule has 37 heteroatoms. The molecule has 4 aromatic rings. The Balaban J connectivity index is -0.000000881. The van der Waals surface area contributed by atoms with Gasteiger partial charge < -0.3 is 36.1 Å². The van der Waals surface area contributed by atoms with Gasteiger partial charge in [0.05, 0.1) is 4.90 Å². The predicted molar refractivity (Wildman–Crippen MR) is 186 cm³/mol. The second kappa shape index (κ2) is 29.8. The van der Waals surface area contributed by atoms with Crippen molar-refractivity contribution in [2.24, 2.45) is 15.3 Å². The Morgan fingerprint density at radius 2 is 1.35 bits per heavy atom. The number of aromatic nitrogens is 3. The van der Waals surface area contributed by atoms with Crippen LogP contribution in [0.2, 0.25) is 5.28 Å². The first-order chi connectivity index (χ1) is 26.4. The van der Waals surface area contributed by atoms with Gasteiger partial charge in [-0.25, -0.2) is 21.9 Å². The van der Waals surface area contributed by atoms with Crippen LogP contribution in [0, 0.1) is 23.6 Å². The average molecular weight is 941 g/mol. The van der Waals surface area contributed by atoms with Crippen molar-refractivity contribution in [1.82, 2.24) is 15.0 Å². The van der Waals surface area contributed by atoms with Crippen molar-refractivity contribution in [2.45, 2.75) is 9.79 Å². The van der Waals surface area contributed by atoms with Crippen LogP contribution in [-0.4, -0.2) is 95.3 Å². The van der Waals surface area contributed by atoms with Crippen molar-refractivity contribution >= 4 is 116 Å². The van der Waals surface area contributed by atoms with E-state index in [0.717, 1.165) is 24.3 Å². The maximum absolute atomic E-state index is 12.1. The minimum absolute atomic E-state index is 0. The van der Waals surface area contributed by atoms with Crippen molar-refractivity contribution in [1.29, 1.82) is 5.41 Å². The number of benzene rings is 3. The first-order valence-electron chi connectivity index (χ1n) is 13.4. The van der Waals surface area contributed by atoms with Crippen LogP contribution in [0.1, 0.15) is 11.1 Å². The molecule has 0 saturated heterocycles. The summed E-state index contributed by atoms with van der Waals surface area (Å²) >= 11 is 5.78. The Bertz CT molecular complexity index is 2810. The van der Waals surface area contributed by atoms with E-state index in [9.17, 15) is 31.0 Å². The van der Waals surface area contributed by atoms with Crippen LogP contribution in [0.4, 0.5) is 34.6 Å². The third-order valence-corrected chi connectivity index (χ3v) is 7.61. The number of anilines is 4.